The molecule has 0 bridgehead atoms. The number of rotatable bonds is 5. The van der Waals surface area contributed by atoms with Gasteiger partial charge in [0.2, 0.25) is 5.89 Å². The van der Waals surface area contributed by atoms with Gasteiger partial charge in [-0.3, -0.25) is 4.98 Å². The van der Waals surface area contributed by atoms with Crippen LogP contribution in [0.5, 0.6) is 5.75 Å². The maximum Gasteiger partial charge on any atom is 0.280 e. The molecule has 5 aromatic rings. The fourth-order valence-corrected chi connectivity index (χ4v) is 3.23. The topological polar surface area (TPSA) is 91.2 Å². The number of benzene rings is 1. The lowest BCUT2D eigenvalue weighted by Gasteiger charge is -2.11. The van der Waals surface area contributed by atoms with Crippen LogP contribution in [-0.4, -0.2) is 36.9 Å². The second-order valence-electron chi connectivity index (χ2n) is 6.51. The Morgan fingerprint density at radius 1 is 1.00 bits per heavy atom. The SMILES string of the molecule is COc1ccccc1-c1cc(C(F)F)n2ncc(-c3nnc(-c4ccncc4)o3)c2n1. The van der Waals surface area contributed by atoms with E-state index >= 15 is 0 Å². The first kappa shape index (κ1) is 18.8. The van der Waals surface area contributed by atoms with Gasteiger partial charge in [0, 0.05) is 23.5 Å². The molecule has 0 aliphatic rings. The van der Waals surface area contributed by atoms with E-state index in [2.05, 4.69) is 25.3 Å². The van der Waals surface area contributed by atoms with Crippen LogP contribution in [0.4, 0.5) is 8.78 Å². The number of fused-ring (bicyclic) bond motifs is 1. The highest BCUT2D eigenvalue weighted by molar-refractivity contribution is 5.76. The second kappa shape index (κ2) is 7.56. The van der Waals surface area contributed by atoms with Gasteiger partial charge >= 0.3 is 0 Å². The molecule has 10 heteroatoms. The van der Waals surface area contributed by atoms with Crippen LogP contribution in [0, 0.1) is 0 Å². The first-order chi connectivity index (χ1) is 15.2. The summed E-state index contributed by atoms with van der Waals surface area (Å²) >= 11 is 0. The Morgan fingerprint density at radius 3 is 2.55 bits per heavy atom. The van der Waals surface area contributed by atoms with Crippen molar-refractivity contribution in [2.45, 2.75) is 6.43 Å². The molecule has 0 radical (unpaired) electrons. The number of para-hydroxylation sites is 1. The van der Waals surface area contributed by atoms with Crippen LogP contribution in [0.1, 0.15) is 12.1 Å². The van der Waals surface area contributed by atoms with E-state index in [4.69, 9.17) is 9.15 Å². The van der Waals surface area contributed by atoms with Crippen LogP contribution in [-0.2, 0) is 0 Å². The zero-order valence-corrected chi connectivity index (χ0v) is 16.1. The van der Waals surface area contributed by atoms with Gasteiger partial charge in [0.1, 0.15) is 17.0 Å². The number of nitrogens with zero attached hydrogens (tertiary/aromatic N) is 6. The first-order valence-corrected chi connectivity index (χ1v) is 9.20. The summed E-state index contributed by atoms with van der Waals surface area (Å²) in [7, 11) is 1.51. The van der Waals surface area contributed by atoms with Crippen molar-refractivity contribution in [3.05, 3.63) is 66.7 Å². The number of hydrogen-bond donors (Lipinski definition) is 0. The van der Waals surface area contributed by atoms with Crippen LogP contribution in [0.25, 0.3) is 39.8 Å². The molecule has 0 aliphatic carbocycles. The van der Waals surface area contributed by atoms with Crippen LogP contribution in [0.3, 0.4) is 0 Å². The molecule has 0 saturated heterocycles. The smallest absolute Gasteiger partial charge is 0.280 e. The van der Waals surface area contributed by atoms with E-state index < -0.39 is 6.43 Å². The van der Waals surface area contributed by atoms with Crippen LogP contribution in [0.2, 0.25) is 0 Å². The summed E-state index contributed by atoms with van der Waals surface area (Å²) in [6.45, 7) is 0. The summed E-state index contributed by atoms with van der Waals surface area (Å²) in [5.74, 6) is 0.900. The number of hydrogen-bond acceptors (Lipinski definition) is 7. The minimum Gasteiger partial charge on any atom is -0.496 e. The Labute approximate surface area is 174 Å². The third-order valence-corrected chi connectivity index (χ3v) is 4.69. The molecular weight excluding hydrogens is 406 g/mol. The van der Waals surface area contributed by atoms with Crippen molar-refractivity contribution in [3.63, 3.8) is 0 Å². The van der Waals surface area contributed by atoms with Crippen LogP contribution < -0.4 is 4.74 Å². The Morgan fingerprint density at radius 2 is 1.77 bits per heavy atom. The third kappa shape index (κ3) is 3.27. The minimum absolute atomic E-state index is 0.117. The molecule has 1 aromatic carbocycles. The zero-order valence-electron chi connectivity index (χ0n) is 16.1. The molecular formula is C21H14F2N6O2. The lowest BCUT2D eigenvalue weighted by molar-refractivity contribution is 0.143. The zero-order chi connectivity index (χ0) is 21.4. The van der Waals surface area contributed by atoms with Crippen molar-refractivity contribution < 1.29 is 17.9 Å². The standard InChI is InChI=1S/C21H14F2N6O2/c1-30-17-5-3-2-4-13(17)15-10-16(18(22)23)29-19(26-15)14(11-25-29)21-28-27-20(31-21)12-6-8-24-9-7-12/h2-11,18H,1H3. The van der Waals surface area contributed by atoms with Crippen molar-refractivity contribution in [2.75, 3.05) is 7.11 Å². The normalized spacial score (nSPS) is 11.4. The van der Waals surface area contributed by atoms with Gasteiger partial charge in [-0.15, -0.1) is 10.2 Å². The molecule has 0 N–H and O–H groups in total. The Balaban J connectivity index is 1.69. The molecule has 5 rings (SSSR count). The molecule has 0 amide bonds. The summed E-state index contributed by atoms with van der Waals surface area (Å²) in [6, 6.07) is 11.8. The van der Waals surface area contributed by atoms with Crippen molar-refractivity contribution in [3.8, 4) is 39.9 Å². The van der Waals surface area contributed by atoms with Crippen LogP contribution in [0.15, 0.2) is 65.5 Å². The maximum absolute atomic E-state index is 13.8. The average Bonchev–Trinajstić information content (AvgIpc) is 3.46. The third-order valence-electron chi connectivity index (χ3n) is 4.69. The predicted molar refractivity (Wildman–Crippen MR) is 106 cm³/mol. The quantitative estimate of drug-likeness (QED) is 0.415. The largest absolute Gasteiger partial charge is 0.496 e. The van der Waals surface area contributed by atoms with E-state index in [-0.39, 0.29) is 23.1 Å². The molecule has 154 valence electrons. The second-order valence-corrected chi connectivity index (χ2v) is 6.51. The Bertz CT molecular complexity index is 1370. The molecule has 0 saturated carbocycles. The van der Waals surface area contributed by atoms with Crippen LogP contribution >= 0.6 is 0 Å². The van der Waals surface area contributed by atoms with Gasteiger partial charge in [-0.2, -0.15) is 5.10 Å². The minimum atomic E-state index is -2.78. The van der Waals surface area contributed by atoms with E-state index in [1.165, 1.54) is 19.4 Å². The van der Waals surface area contributed by atoms with Gasteiger partial charge in [0.15, 0.2) is 5.65 Å². The lowest BCUT2D eigenvalue weighted by Crippen LogP contribution is -2.03. The molecule has 4 aromatic heterocycles. The summed E-state index contributed by atoms with van der Waals surface area (Å²) in [6.07, 6.45) is 1.81. The molecule has 31 heavy (non-hydrogen) atoms. The number of halogens is 2. The summed E-state index contributed by atoms with van der Waals surface area (Å²) in [5, 5.41) is 12.2. The van der Waals surface area contributed by atoms with Gasteiger partial charge in [0.05, 0.1) is 19.0 Å². The molecule has 4 heterocycles. The number of alkyl halides is 2. The summed E-state index contributed by atoms with van der Waals surface area (Å²) < 4.78 is 39.9. The first-order valence-electron chi connectivity index (χ1n) is 9.20. The fraction of sp³-hybridized carbons (Fsp3) is 0.0952. The highest BCUT2D eigenvalue weighted by atomic mass is 19.3. The van der Waals surface area contributed by atoms with Gasteiger partial charge in [-0.05, 0) is 30.3 Å². The molecule has 0 unspecified atom stereocenters. The summed E-state index contributed by atoms with van der Waals surface area (Å²) in [5.41, 5.74) is 1.77. The van der Waals surface area contributed by atoms with E-state index in [0.29, 0.717) is 28.1 Å². The Hall–Kier alpha value is -4.21. The van der Waals surface area contributed by atoms with Crippen molar-refractivity contribution in [2.24, 2.45) is 0 Å². The number of ether oxygens (including phenoxy) is 1. The average molecular weight is 420 g/mol. The molecule has 8 nitrogen and oxygen atoms in total. The van der Waals surface area contributed by atoms with E-state index in [0.717, 1.165) is 4.52 Å². The fourth-order valence-electron chi connectivity index (χ4n) is 3.23. The number of pyridine rings is 1. The monoisotopic (exact) mass is 420 g/mol. The van der Waals surface area contributed by atoms with Gasteiger partial charge in [-0.25, -0.2) is 18.3 Å². The highest BCUT2D eigenvalue weighted by Crippen LogP contribution is 2.34. The van der Waals surface area contributed by atoms with Crippen molar-refractivity contribution in [1.82, 2.24) is 29.8 Å². The molecule has 0 atom stereocenters. The lowest BCUT2D eigenvalue weighted by atomic mass is 10.1. The van der Waals surface area contributed by atoms with Crippen molar-refractivity contribution in [1.29, 1.82) is 0 Å². The van der Waals surface area contributed by atoms with Crippen molar-refractivity contribution >= 4 is 5.65 Å². The number of aromatic nitrogens is 6. The predicted octanol–water partition coefficient (Wildman–Crippen LogP) is 4.45. The highest BCUT2D eigenvalue weighted by Gasteiger charge is 2.23. The molecule has 0 aliphatic heterocycles. The molecule has 0 fully saturated rings. The van der Waals surface area contributed by atoms with E-state index in [1.807, 2.05) is 0 Å². The number of methoxy groups -OCH3 is 1. The van der Waals surface area contributed by atoms with E-state index in [1.54, 1.807) is 48.8 Å². The maximum atomic E-state index is 13.8. The van der Waals surface area contributed by atoms with Gasteiger partial charge in [0.25, 0.3) is 12.3 Å². The van der Waals surface area contributed by atoms with Gasteiger partial charge < -0.3 is 9.15 Å². The Kier molecular flexibility index (Phi) is 4.58. The molecule has 0 spiro atoms. The summed E-state index contributed by atoms with van der Waals surface area (Å²) in [4.78, 5) is 8.52. The van der Waals surface area contributed by atoms with E-state index in [9.17, 15) is 8.78 Å². The van der Waals surface area contributed by atoms with Gasteiger partial charge in [-0.1, -0.05) is 12.1 Å².